The molecule has 100 valence electrons. The number of ether oxygens (including phenoxy) is 1. The van der Waals surface area contributed by atoms with Crippen molar-refractivity contribution in [2.75, 3.05) is 4.43 Å². The smallest absolute Gasteiger partial charge is 0.105 e. The van der Waals surface area contributed by atoms with Gasteiger partial charge in [-0.25, -0.2) is 0 Å². The normalized spacial score (nSPS) is 28.2. The van der Waals surface area contributed by atoms with Crippen molar-refractivity contribution in [2.45, 2.75) is 41.0 Å². The molecule has 1 unspecified atom stereocenters. The Morgan fingerprint density at radius 1 is 1.33 bits per heavy atom. The van der Waals surface area contributed by atoms with E-state index in [-0.39, 0.29) is 5.41 Å². The number of nitrogens with two attached hydrogens (primary N) is 1. The van der Waals surface area contributed by atoms with Gasteiger partial charge in [0.2, 0.25) is 0 Å². The van der Waals surface area contributed by atoms with Crippen molar-refractivity contribution in [1.29, 1.82) is 0 Å². The van der Waals surface area contributed by atoms with Crippen molar-refractivity contribution in [2.24, 2.45) is 17.1 Å². The first kappa shape index (κ1) is 14.0. The highest BCUT2D eigenvalue weighted by Crippen LogP contribution is 2.52. The van der Waals surface area contributed by atoms with Gasteiger partial charge >= 0.3 is 0 Å². The van der Waals surface area contributed by atoms with E-state index in [0.29, 0.717) is 5.92 Å². The molecule has 0 aromatic carbocycles. The maximum Gasteiger partial charge on any atom is 0.105 e. The molecule has 2 aliphatic rings. The maximum absolute atomic E-state index is 6.48. The Labute approximate surface area is 123 Å². The topological polar surface area (TPSA) is 35.2 Å². The fourth-order valence-electron chi connectivity index (χ4n) is 2.98. The summed E-state index contributed by atoms with van der Waals surface area (Å²) in [5, 5.41) is 0. The molecule has 1 heterocycles. The minimum atomic E-state index is 0.0839. The summed E-state index contributed by atoms with van der Waals surface area (Å²) in [4.78, 5) is 0. The van der Waals surface area contributed by atoms with Gasteiger partial charge in [0.25, 0.3) is 0 Å². The average molecular weight is 359 g/mol. The Morgan fingerprint density at radius 3 is 2.44 bits per heavy atom. The third-order valence-corrected chi connectivity index (χ3v) is 5.72. The second-order valence-electron chi connectivity index (χ2n) is 5.92. The van der Waals surface area contributed by atoms with E-state index >= 15 is 0 Å². The van der Waals surface area contributed by atoms with Crippen LogP contribution in [0.1, 0.15) is 41.0 Å². The summed E-state index contributed by atoms with van der Waals surface area (Å²) in [5.74, 6) is 2.49. The first-order valence-corrected chi connectivity index (χ1v) is 7.99. The summed E-state index contributed by atoms with van der Waals surface area (Å²) in [7, 11) is 0. The van der Waals surface area contributed by atoms with Gasteiger partial charge in [-0.3, -0.25) is 0 Å². The summed E-state index contributed by atoms with van der Waals surface area (Å²) in [6, 6.07) is 0. The molecule has 0 saturated heterocycles. The molecule has 0 amide bonds. The second-order valence-corrected chi connectivity index (χ2v) is 6.68. The molecule has 2 N–H and O–H groups in total. The Balaban J connectivity index is 2.65. The first-order chi connectivity index (χ1) is 8.31. The van der Waals surface area contributed by atoms with Gasteiger partial charge in [0, 0.05) is 32.3 Å². The van der Waals surface area contributed by atoms with Gasteiger partial charge in [0.05, 0.1) is 0 Å². The predicted molar refractivity (Wildman–Crippen MR) is 84.1 cm³/mol. The van der Waals surface area contributed by atoms with Crippen LogP contribution in [-0.4, -0.2) is 4.43 Å². The van der Waals surface area contributed by atoms with Crippen LogP contribution >= 0.6 is 22.6 Å². The molecule has 3 heteroatoms. The minimum absolute atomic E-state index is 0.0839. The van der Waals surface area contributed by atoms with Crippen molar-refractivity contribution in [3.05, 3.63) is 33.9 Å². The zero-order valence-electron chi connectivity index (χ0n) is 11.9. The summed E-state index contributed by atoms with van der Waals surface area (Å²) in [6.07, 6.45) is 1.01. The van der Waals surface area contributed by atoms with Crippen molar-refractivity contribution in [3.8, 4) is 0 Å². The average Bonchev–Trinajstić information content (AvgIpc) is 2.54. The predicted octanol–water partition coefficient (Wildman–Crippen LogP) is 4.28. The fourth-order valence-corrected chi connectivity index (χ4v) is 3.66. The van der Waals surface area contributed by atoms with Gasteiger partial charge in [-0.15, -0.1) is 0 Å². The zero-order valence-corrected chi connectivity index (χ0v) is 14.0. The van der Waals surface area contributed by atoms with E-state index in [9.17, 15) is 0 Å². The van der Waals surface area contributed by atoms with Crippen LogP contribution in [-0.2, 0) is 4.74 Å². The van der Waals surface area contributed by atoms with E-state index in [4.69, 9.17) is 10.5 Å². The van der Waals surface area contributed by atoms with Gasteiger partial charge in [-0.1, -0.05) is 43.4 Å². The number of alkyl halides is 1. The monoisotopic (exact) mass is 359 g/mol. The van der Waals surface area contributed by atoms with E-state index in [2.05, 4.69) is 57.2 Å². The van der Waals surface area contributed by atoms with E-state index in [1.165, 1.54) is 16.7 Å². The largest absolute Gasteiger partial charge is 0.466 e. The van der Waals surface area contributed by atoms with Crippen LogP contribution in [0.2, 0.25) is 0 Å². The molecular weight excluding hydrogens is 337 g/mol. The van der Waals surface area contributed by atoms with Crippen molar-refractivity contribution < 1.29 is 4.74 Å². The van der Waals surface area contributed by atoms with Gasteiger partial charge in [0.1, 0.15) is 11.5 Å². The summed E-state index contributed by atoms with van der Waals surface area (Å²) >= 11 is 2.44. The number of fused-ring (bicyclic) bond motifs is 1. The lowest BCUT2D eigenvalue weighted by atomic mass is 9.88. The molecule has 2 rings (SSSR count). The standard InChI is InChI=1S/C15H22INO/c1-8(2)12-10(4)18-9(3)11-6-15(5,7-16)14(17)13(11)12/h8H,6-7,17H2,1-5H3. The lowest BCUT2D eigenvalue weighted by Gasteiger charge is -2.25. The Hall–Kier alpha value is -0.450. The maximum atomic E-state index is 6.48. The molecular formula is C15H22INO. The molecule has 1 aliphatic carbocycles. The van der Waals surface area contributed by atoms with E-state index in [1.54, 1.807) is 0 Å². The molecule has 0 aromatic heterocycles. The highest BCUT2D eigenvalue weighted by Gasteiger charge is 2.42. The number of hydrogen-bond donors (Lipinski definition) is 1. The molecule has 0 radical (unpaired) electrons. The summed E-state index contributed by atoms with van der Waals surface area (Å²) in [6.45, 7) is 10.8. The SMILES string of the molecule is CC1=C2CC(C)(CI)C(N)=C2C(C(C)C)=C(C)O1. The molecule has 0 bridgehead atoms. The van der Waals surface area contributed by atoms with Crippen LogP contribution in [0.5, 0.6) is 0 Å². The molecule has 0 fully saturated rings. The Morgan fingerprint density at radius 2 is 1.94 bits per heavy atom. The molecule has 1 aliphatic heterocycles. The second kappa shape index (κ2) is 4.58. The van der Waals surface area contributed by atoms with Crippen LogP contribution in [0.15, 0.2) is 33.9 Å². The number of rotatable bonds is 2. The number of hydrogen-bond acceptors (Lipinski definition) is 2. The van der Waals surface area contributed by atoms with Crippen molar-refractivity contribution in [1.82, 2.24) is 0 Å². The van der Waals surface area contributed by atoms with Gasteiger partial charge in [-0.05, 0) is 26.2 Å². The minimum Gasteiger partial charge on any atom is -0.466 e. The first-order valence-electron chi connectivity index (χ1n) is 6.47. The lowest BCUT2D eigenvalue weighted by Crippen LogP contribution is -2.23. The molecule has 2 nitrogen and oxygen atoms in total. The quantitative estimate of drug-likeness (QED) is 0.590. The molecule has 0 saturated carbocycles. The Bertz CT molecular complexity index is 485. The fraction of sp³-hybridized carbons (Fsp3) is 0.600. The number of allylic oxidation sites excluding steroid dienone is 6. The summed E-state index contributed by atoms with van der Waals surface area (Å²) in [5.41, 5.74) is 11.5. The lowest BCUT2D eigenvalue weighted by molar-refractivity contribution is 0.287. The van der Waals surface area contributed by atoms with Crippen LogP contribution < -0.4 is 5.73 Å². The zero-order chi connectivity index (χ0) is 13.7. The van der Waals surface area contributed by atoms with Crippen LogP contribution in [0.4, 0.5) is 0 Å². The molecule has 18 heavy (non-hydrogen) atoms. The van der Waals surface area contributed by atoms with Crippen LogP contribution in [0, 0.1) is 11.3 Å². The molecule has 1 atom stereocenters. The third kappa shape index (κ3) is 1.91. The van der Waals surface area contributed by atoms with Crippen molar-refractivity contribution >= 4 is 22.6 Å². The Kier molecular flexibility index (Phi) is 3.56. The van der Waals surface area contributed by atoms with Crippen LogP contribution in [0.25, 0.3) is 0 Å². The van der Waals surface area contributed by atoms with Gasteiger partial charge in [0.15, 0.2) is 0 Å². The van der Waals surface area contributed by atoms with E-state index in [0.717, 1.165) is 28.1 Å². The summed E-state index contributed by atoms with van der Waals surface area (Å²) < 4.78 is 6.97. The van der Waals surface area contributed by atoms with E-state index in [1.807, 2.05) is 0 Å². The molecule has 0 spiro atoms. The van der Waals surface area contributed by atoms with Crippen LogP contribution in [0.3, 0.4) is 0 Å². The highest BCUT2D eigenvalue weighted by molar-refractivity contribution is 14.1. The highest BCUT2D eigenvalue weighted by atomic mass is 127. The van der Waals surface area contributed by atoms with E-state index < -0.39 is 0 Å². The molecule has 0 aromatic rings. The third-order valence-electron chi connectivity index (χ3n) is 4.04. The van der Waals surface area contributed by atoms with Gasteiger partial charge < -0.3 is 10.5 Å². The van der Waals surface area contributed by atoms with Crippen molar-refractivity contribution in [3.63, 3.8) is 0 Å². The number of halogens is 1. The van der Waals surface area contributed by atoms with Gasteiger partial charge in [-0.2, -0.15) is 0 Å².